The van der Waals surface area contributed by atoms with Gasteiger partial charge in [-0.3, -0.25) is 9.59 Å². The van der Waals surface area contributed by atoms with Gasteiger partial charge in [-0.25, -0.2) is 0 Å². The second-order valence-corrected chi connectivity index (χ2v) is 6.26. The molecule has 0 fully saturated rings. The number of ether oxygens (including phenoxy) is 2. The molecule has 2 N–H and O–H groups in total. The Hall–Kier alpha value is -2.84. The number of carbonyl (C=O) groups excluding carboxylic acids is 2. The number of hydrogen-bond acceptors (Lipinski definition) is 4. The Morgan fingerprint density at radius 1 is 0.793 bits per heavy atom. The summed E-state index contributed by atoms with van der Waals surface area (Å²) in [5.74, 6) is -7.62. The van der Waals surface area contributed by atoms with E-state index in [0.717, 1.165) is 0 Å². The van der Waals surface area contributed by atoms with E-state index in [1.54, 1.807) is 60.7 Å². The predicted molar refractivity (Wildman–Crippen MR) is 103 cm³/mol. The predicted octanol–water partition coefficient (Wildman–Crippen LogP) is 2.63. The lowest BCUT2D eigenvalue weighted by Gasteiger charge is -2.21. The van der Waals surface area contributed by atoms with Crippen molar-refractivity contribution in [3.8, 4) is 0 Å². The van der Waals surface area contributed by atoms with E-state index < -0.39 is 29.9 Å². The molecule has 2 rings (SSSR count). The monoisotopic (exact) mass is 406 g/mol. The van der Waals surface area contributed by atoms with E-state index in [1.165, 1.54) is 14.2 Å². The molecule has 0 aliphatic rings. The van der Waals surface area contributed by atoms with Crippen molar-refractivity contribution in [3.63, 3.8) is 0 Å². The summed E-state index contributed by atoms with van der Waals surface area (Å²) in [6, 6.07) is 17.7. The van der Waals surface area contributed by atoms with Crippen molar-refractivity contribution in [2.45, 2.75) is 18.1 Å². The molecule has 2 unspecified atom stereocenters. The topological polar surface area (TPSA) is 76.7 Å². The maximum absolute atomic E-state index is 14.2. The van der Waals surface area contributed by atoms with Gasteiger partial charge in [-0.2, -0.15) is 8.78 Å². The largest absolute Gasteiger partial charge is 0.400 e. The van der Waals surface area contributed by atoms with Crippen LogP contribution in [-0.2, 0) is 19.1 Å². The maximum Gasteiger partial charge on any atom is 0.400 e. The summed E-state index contributed by atoms with van der Waals surface area (Å²) in [4.78, 5) is 23.9. The smallest absolute Gasteiger partial charge is 0.375 e. The van der Waals surface area contributed by atoms with Gasteiger partial charge in [0.25, 0.3) is 0 Å². The molecule has 2 aromatic rings. The van der Waals surface area contributed by atoms with Gasteiger partial charge in [0.15, 0.2) is 0 Å². The van der Waals surface area contributed by atoms with Gasteiger partial charge in [0.1, 0.15) is 0 Å². The first-order valence-electron chi connectivity index (χ1n) is 9.00. The summed E-state index contributed by atoms with van der Waals surface area (Å²) < 4.78 is 38.9. The number of halogens is 2. The summed E-state index contributed by atoms with van der Waals surface area (Å²) in [5, 5.41) is 4.16. The van der Waals surface area contributed by atoms with E-state index in [2.05, 4.69) is 10.6 Å². The number of alkyl halides is 2. The van der Waals surface area contributed by atoms with E-state index in [-0.39, 0.29) is 13.1 Å². The van der Waals surface area contributed by atoms with Crippen molar-refractivity contribution in [3.05, 3.63) is 71.8 Å². The number of methoxy groups -OCH3 is 2. The second kappa shape index (κ2) is 10.6. The molecule has 29 heavy (non-hydrogen) atoms. The van der Waals surface area contributed by atoms with Gasteiger partial charge in [0.2, 0.25) is 0 Å². The molecule has 0 bridgehead atoms. The van der Waals surface area contributed by atoms with E-state index in [4.69, 9.17) is 9.47 Å². The minimum Gasteiger partial charge on any atom is -0.375 e. The first kappa shape index (κ1) is 22.4. The highest BCUT2D eigenvalue weighted by molar-refractivity contribution is 6.06. The van der Waals surface area contributed by atoms with Crippen LogP contribution >= 0.6 is 0 Å². The van der Waals surface area contributed by atoms with Gasteiger partial charge in [-0.1, -0.05) is 60.7 Å². The fourth-order valence-electron chi connectivity index (χ4n) is 2.71. The van der Waals surface area contributed by atoms with Crippen molar-refractivity contribution < 1.29 is 27.8 Å². The summed E-state index contributed by atoms with van der Waals surface area (Å²) >= 11 is 0. The van der Waals surface area contributed by atoms with Crippen LogP contribution in [0.4, 0.5) is 8.78 Å². The normalized spacial score (nSPS) is 13.4. The Kier molecular flexibility index (Phi) is 8.23. The molecule has 156 valence electrons. The fraction of sp³-hybridized carbons (Fsp3) is 0.333. The number of rotatable bonds is 10. The zero-order valence-electron chi connectivity index (χ0n) is 16.2. The van der Waals surface area contributed by atoms with Crippen LogP contribution < -0.4 is 10.6 Å². The van der Waals surface area contributed by atoms with Crippen LogP contribution in [0.2, 0.25) is 0 Å². The Balaban J connectivity index is 1.92. The highest BCUT2D eigenvalue weighted by Gasteiger charge is 2.47. The van der Waals surface area contributed by atoms with E-state index in [0.29, 0.717) is 11.1 Å². The molecular formula is C21H24F2N2O4. The Bertz CT molecular complexity index is 722. The van der Waals surface area contributed by atoms with E-state index >= 15 is 0 Å². The molecule has 2 aromatic carbocycles. The van der Waals surface area contributed by atoms with E-state index in [1.807, 2.05) is 0 Å². The molecule has 0 heterocycles. The lowest BCUT2D eigenvalue weighted by molar-refractivity contribution is -0.160. The lowest BCUT2D eigenvalue weighted by Crippen LogP contribution is -2.52. The number of benzene rings is 2. The number of amides is 2. The minimum absolute atomic E-state index is 0.201. The zero-order valence-corrected chi connectivity index (χ0v) is 16.2. The molecule has 0 saturated carbocycles. The van der Waals surface area contributed by atoms with Crippen molar-refractivity contribution in [1.29, 1.82) is 0 Å². The third kappa shape index (κ3) is 6.07. The van der Waals surface area contributed by atoms with E-state index in [9.17, 15) is 18.4 Å². The summed E-state index contributed by atoms with van der Waals surface area (Å²) in [7, 11) is 2.81. The average Bonchev–Trinajstić information content (AvgIpc) is 2.75. The van der Waals surface area contributed by atoms with Gasteiger partial charge in [0.05, 0.1) is 12.2 Å². The molecule has 0 aliphatic heterocycles. The van der Waals surface area contributed by atoms with Crippen molar-refractivity contribution in [2.75, 3.05) is 27.3 Å². The zero-order chi connectivity index (χ0) is 21.3. The van der Waals surface area contributed by atoms with Gasteiger partial charge < -0.3 is 20.1 Å². The third-order valence-electron chi connectivity index (χ3n) is 4.38. The standard InChI is InChI=1S/C21H24F2N2O4/c1-28-17(15-9-5-3-6-10-15)13-24-19(26)21(22,23)20(27)25-14-18(29-2)16-11-7-4-8-12-16/h3-12,17-18H,13-14H2,1-2H3,(H,24,26)(H,25,27). The third-order valence-corrected chi connectivity index (χ3v) is 4.38. The quantitative estimate of drug-likeness (QED) is 0.595. The fourth-order valence-corrected chi connectivity index (χ4v) is 2.71. The average molecular weight is 406 g/mol. The molecule has 2 atom stereocenters. The molecule has 0 aromatic heterocycles. The van der Waals surface area contributed by atoms with Crippen molar-refractivity contribution in [2.24, 2.45) is 0 Å². The summed E-state index contributed by atoms with van der Waals surface area (Å²) in [5.41, 5.74) is 1.43. The highest BCUT2D eigenvalue weighted by Crippen LogP contribution is 2.19. The molecule has 0 saturated heterocycles. The van der Waals surface area contributed by atoms with Gasteiger partial charge in [0, 0.05) is 27.3 Å². The van der Waals surface area contributed by atoms with Crippen LogP contribution in [0.1, 0.15) is 23.3 Å². The molecule has 8 heteroatoms. The number of hydrogen-bond donors (Lipinski definition) is 2. The van der Waals surface area contributed by atoms with Crippen LogP contribution in [0.3, 0.4) is 0 Å². The molecule has 6 nitrogen and oxygen atoms in total. The van der Waals surface area contributed by atoms with Gasteiger partial charge in [-0.05, 0) is 11.1 Å². The van der Waals surface area contributed by atoms with Crippen LogP contribution in [0.15, 0.2) is 60.7 Å². The Morgan fingerprint density at radius 3 is 1.45 bits per heavy atom. The Labute approximate surface area is 168 Å². The van der Waals surface area contributed by atoms with Gasteiger partial charge >= 0.3 is 17.7 Å². The van der Waals surface area contributed by atoms with Crippen molar-refractivity contribution >= 4 is 11.8 Å². The van der Waals surface area contributed by atoms with Crippen LogP contribution in [0, 0.1) is 0 Å². The lowest BCUT2D eigenvalue weighted by atomic mass is 10.1. The molecule has 0 aliphatic carbocycles. The van der Waals surface area contributed by atoms with Gasteiger partial charge in [-0.15, -0.1) is 0 Å². The SMILES string of the molecule is COC(CNC(=O)C(F)(F)C(=O)NCC(OC)c1ccccc1)c1ccccc1. The number of nitrogens with one attached hydrogen (secondary N) is 2. The maximum atomic E-state index is 14.2. The van der Waals surface area contributed by atoms with Crippen LogP contribution in [-0.4, -0.2) is 45.0 Å². The molecule has 0 spiro atoms. The van der Waals surface area contributed by atoms with Crippen molar-refractivity contribution in [1.82, 2.24) is 10.6 Å². The highest BCUT2D eigenvalue weighted by atomic mass is 19.3. The first-order chi connectivity index (χ1) is 13.9. The molecular weight excluding hydrogens is 382 g/mol. The minimum atomic E-state index is -4.23. The second-order valence-electron chi connectivity index (χ2n) is 6.26. The molecule has 2 amide bonds. The number of carbonyl (C=O) groups is 2. The molecule has 0 radical (unpaired) electrons. The summed E-state index contributed by atoms with van der Waals surface area (Å²) in [6.07, 6.45) is -1.23. The van der Waals surface area contributed by atoms with Crippen LogP contribution in [0.25, 0.3) is 0 Å². The summed E-state index contributed by atoms with van der Waals surface area (Å²) in [6.45, 7) is -0.403. The van der Waals surface area contributed by atoms with Crippen LogP contribution in [0.5, 0.6) is 0 Å². The Morgan fingerprint density at radius 2 is 1.14 bits per heavy atom. The first-order valence-corrected chi connectivity index (χ1v) is 9.00.